The van der Waals surface area contributed by atoms with E-state index in [0.29, 0.717) is 22.9 Å². The van der Waals surface area contributed by atoms with Gasteiger partial charge in [0.25, 0.3) is 5.91 Å². The highest BCUT2D eigenvalue weighted by molar-refractivity contribution is 7.09. The van der Waals surface area contributed by atoms with Gasteiger partial charge in [-0.2, -0.15) is 0 Å². The second-order valence-corrected chi connectivity index (χ2v) is 5.47. The van der Waals surface area contributed by atoms with Crippen molar-refractivity contribution in [2.45, 2.75) is 6.54 Å². The molecule has 1 amide bonds. The van der Waals surface area contributed by atoms with Crippen molar-refractivity contribution < 1.29 is 4.79 Å². The van der Waals surface area contributed by atoms with Gasteiger partial charge in [0.1, 0.15) is 11.3 Å². The number of thiophene rings is 1. The molecule has 0 fully saturated rings. The summed E-state index contributed by atoms with van der Waals surface area (Å²) in [5.41, 5.74) is 1.09. The van der Waals surface area contributed by atoms with Crippen molar-refractivity contribution in [2.24, 2.45) is 0 Å². The van der Waals surface area contributed by atoms with Gasteiger partial charge in [-0.05, 0) is 23.6 Å². The Bertz CT molecular complexity index is 721. The lowest BCUT2D eigenvalue weighted by molar-refractivity contribution is 0.0947. The van der Waals surface area contributed by atoms with E-state index < -0.39 is 0 Å². The fraction of sp³-hybridized carbons (Fsp3) is 0.0769. The summed E-state index contributed by atoms with van der Waals surface area (Å²) >= 11 is 7.50. The van der Waals surface area contributed by atoms with Gasteiger partial charge in [-0.3, -0.25) is 4.79 Å². The quantitative estimate of drug-likeness (QED) is 0.806. The molecule has 0 aliphatic heterocycles. The Balaban J connectivity index is 1.77. The largest absolute Gasteiger partial charge is 0.346 e. The molecule has 0 spiro atoms. The minimum absolute atomic E-state index is 0.187. The molecular formula is C13H10ClN3OS. The summed E-state index contributed by atoms with van der Waals surface area (Å²) in [6.07, 6.45) is 3.39. The molecular weight excluding hydrogens is 282 g/mol. The summed E-state index contributed by atoms with van der Waals surface area (Å²) in [7, 11) is 0. The number of nitrogens with one attached hydrogen (secondary N) is 1. The van der Waals surface area contributed by atoms with Gasteiger partial charge in [0.2, 0.25) is 0 Å². The highest BCUT2D eigenvalue weighted by Crippen LogP contribution is 2.12. The number of imidazole rings is 1. The van der Waals surface area contributed by atoms with E-state index in [2.05, 4.69) is 10.3 Å². The average molecular weight is 292 g/mol. The second-order valence-electron chi connectivity index (χ2n) is 4.00. The van der Waals surface area contributed by atoms with Crippen LogP contribution in [-0.2, 0) is 6.54 Å². The molecule has 96 valence electrons. The van der Waals surface area contributed by atoms with Crippen LogP contribution in [0.2, 0.25) is 5.02 Å². The molecule has 0 bridgehead atoms. The zero-order valence-electron chi connectivity index (χ0n) is 9.84. The molecule has 1 N–H and O–H groups in total. The number of carbonyl (C=O) groups excluding carboxylic acids is 1. The van der Waals surface area contributed by atoms with Crippen LogP contribution in [0.1, 0.15) is 15.4 Å². The molecule has 0 aromatic carbocycles. The van der Waals surface area contributed by atoms with E-state index in [1.165, 1.54) is 0 Å². The van der Waals surface area contributed by atoms with Crippen LogP contribution in [0.3, 0.4) is 0 Å². The van der Waals surface area contributed by atoms with Gasteiger partial charge in [-0.15, -0.1) is 11.3 Å². The van der Waals surface area contributed by atoms with E-state index in [4.69, 9.17) is 11.6 Å². The van der Waals surface area contributed by atoms with E-state index in [1.54, 1.807) is 40.3 Å². The van der Waals surface area contributed by atoms with Crippen LogP contribution >= 0.6 is 22.9 Å². The molecule has 0 atom stereocenters. The third kappa shape index (κ3) is 2.62. The molecule has 4 nitrogen and oxygen atoms in total. The van der Waals surface area contributed by atoms with E-state index in [0.717, 1.165) is 4.88 Å². The van der Waals surface area contributed by atoms with Crippen molar-refractivity contribution in [3.05, 3.63) is 57.6 Å². The van der Waals surface area contributed by atoms with E-state index >= 15 is 0 Å². The van der Waals surface area contributed by atoms with E-state index in [9.17, 15) is 4.79 Å². The topological polar surface area (TPSA) is 46.4 Å². The number of hydrogen-bond acceptors (Lipinski definition) is 3. The van der Waals surface area contributed by atoms with Crippen LogP contribution in [0.5, 0.6) is 0 Å². The summed E-state index contributed by atoms with van der Waals surface area (Å²) in [6.45, 7) is 0.519. The van der Waals surface area contributed by atoms with Crippen LogP contribution in [0.4, 0.5) is 0 Å². The minimum atomic E-state index is -0.187. The minimum Gasteiger partial charge on any atom is -0.346 e. The Hall–Kier alpha value is -1.85. The van der Waals surface area contributed by atoms with Crippen LogP contribution in [0.25, 0.3) is 5.65 Å². The first-order valence-corrected chi connectivity index (χ1v) is 6.93. The van der Waals surface area contributed by atoms with Crippen molar-refractivity contribution in [2.75, 3.05) is 0 Å². The maximum atomic E-state index is 12.0. The number of amides is 1. The van der Waals surface area contributed by atoms with Gasteiger partial charge in [0.15, 0.2) is 0 Å². The molecule has 6 heteroatoms. The molecule has 0 saturated heterocycles. The zero-order valence-corrected chi connectivity index (χ0v) is 11.4. The average Bonchev–Trinajstić information content (AvgIpc) is 3.04. The third-order valence-electron chi connectivity index (χ3n) is 2.65. The number of hydrogen-bond donors (Lipinski definition) is 1. The third-order valence-corrected chi connectivity index (χ3v) is 3.75. The van der Waals surface area contributed by atoms with Gasteiger partial charge in [0, 0.05) is 17.3 Å². The summed E-state index contributed by atoms with van der Waals surface area (Å²) in [5.74, 6) is -0.187. The Morgan fingerprint density at radius 3 is 3.05 bits per heavy atom. The van der Waals surface area contributed by atoms with Crippen molar-refractivity contribution in [3.8, 4) is 0 Å². The van der Waals surface area contributed by atoms with Crippen molar-refractivity contribution >= 4 is 34.5 Å². The van der Waals surface area contributed by atoms with Crippen molar-refractivity contribution in [3.63, 3.8) is 0 Å². The monoisotopic (exact) mass is 291 g/mol. The van der Waals surface area contributed by atoms with Crippen LogP contribution in [0, 0.1) is 0 Å². The lowest BCUT2D eigenvalue weighted by atomic mass is 10.4. The van der Waals surface area contributed by atoms with Crippen LogP contribution < -0.4 is 5.32 Å². The summed E-state index contributed by atoms with van der Waals surface area (Å²) in [5, 5.41) is 5.43. The van der Waals surface area contributed by atoms with Gasteiger partial charge in [-0.25, -0.2) is 4.98 Å². The van der Waals surface area contributed by atoms with Crippen molar-refractivity contribution in [1.29, 1.82) is 0 Å². The summed E-state index contributed by atoms with van der Waals surface area (Å²) in [4.78, 5) is 17.3. The molecule has 0 unspecified atom stereocenters. The maximum absolute atomic E-state index is 12.0. The number of pyridine rings is 1. The van der Waals surface area contributed by atoms with Crippen LogP contribution in [0.15, 0.2) is 42.0 Å². The molecule has 0 saturated carbocycles. The molecule has 3 rings (SSSR count). The maximum Gasteiger partial charge on any atom is 0.271 e. The molecule has 0 aliphatic carbocycles. The first kappa shape index (κ1) is 12.2. The zero-order chi connectivity index (χ0) is 13.2. The highest BCUT2D eigenvalue weighted by atomic mass is 35.5. The second kappa shape index (κ2) is 5.03. The molecule has 19 heavy (non-hydrogen) atoms. The molecule has 0 radical (unpaired) electrons. The Morgan fingerprint density at radius 1 is 1.37 bits per heavy atom. The molecule has 3 aromatic heterocycles. The summed E-state index contributed by atoms with van der Waals surface area (Å²) in [6, 6.07) is 7.46. The van der Waals surface area contributed by atoms with Gasteiger partial charge >= 0.3 is 0 Å². The standard InChI is InChI=1S/C13H10ClN3OS/c14-9-3-4-12-16-11(8-17(12)7-9)13(18)15-6-10-2-1-5-19-10/h1-5,7-8H,6H2,(H,15,18). The summed E-state index contributed by atoms with van der Waals surface area (Å²) < 4.78 is 1.74. The van der Waals surface area contributed by atoms with E-state index in [-0.39, 0.29) is 5.91 Å². The molecule has 0 aliphatic rings. The SMILES string of the molecule is O=C(NCc1cccs1)c1cn2cc(Cl)ccc2n1. The highest BCUT2D eigenvalue weighted by Gasteiger charge is 2.10. The fourth-order valence-electron chi connectivity index (χ4n) is 1.75. The van der Waals surface area contributed by atoms with E-state index in [1.807, 2.05) is 17.5 Å². The number of halogens is 1. The number of nitrogens with zero attached hydrogens (tertiary/aromatic N) is 2. The Labute approximate surface area is 118 Å². The lowest BCUT2D eigenvalue weighted by Gasteiger charge is -1.99. The number of fused-ring (bicyclic) bond motifs is 1. The predicted octanol–water partition coefficient (Wildman–Crippen LogP) is 2.98. The normalized spacial score (nSPS) is 10.8. The fourth-order valence-corrected chi connectivity index (χ4v) is 2.56. The Kier molecular flexibility index (Phi) is 3.23. The van der Waals surface area contributed by atoms with Gasteiger partial charge in [0.05, 0.1) is 11.6 Å². The molecule has 3 aromatic rings. The van der Waals surface area contributed by atoms with Gasteiger partial charge in [-0.1, -0.05) is 17.7 Å². The molecule has 3 heterocycles. The Morgan fingerprint density at radius 2 is 2.26 bits per heavy atom. The predicted molar refractivity (Wildman–Crippen MR) is 75.7 cm³/mol. The first-order chi connectivity index (χ1) is 9.22. The number of rotatable bonds is 3. The lowest BCUT2D eigenvalue weighted by Crippen LogP contribution is -2.22. The smallest absolute Gasteiger partial charge is 0.271 e. The number of aromatic nitrogens is 2. The van der Waals surface area contributed by atoms with Crippen molar-refractivity contribution in [1.82, 2.24) is 14.7 Å². The van der Waals surface area contributed by atoms with Gasteiger partial charge < -0.3 is 9.72 Å². The number of carbonyl (C=O) groups is 1. The first-order valence-electron chi connectivity index (χ1n) is 5.67. The van der Waals surface area contributed by atoms with Crippen LogP contribution in [-0.4, -0.2) is 15.3 Å².